The minimum absolute atomic E-state index is 0.0594. The number of ketones is 1. The molecule has 0 spiro atoms. The lowest BCUT2D eigenvalue weighted by Crippen LogP contribution is -2.37. The fourth-order valence-corrected chi connectivity index (χ4v) is 11.6. The first-order chi connectivity index (χ1) is 36.6. The van der Waals surface area contributed by atoms with Gasteiger partial charge in [-0.25, -0.2) is 0 Å². The highest BCUT2D eigenvalue weighted by Gasteiger charge is 2.11. The molecule has 0 aromatic carbocycles. The standard InChI is InChI=1S/C70H139NO3/c1-3-5-7-9-11-13-15-17-19-32-36-40-44-48-52-56-60-64-69(73)65-61-57-53-49-45-41-37-33-30-28-26-24-22-21-23-25-27-29-31-34-38-42-46-50-54-58-62-66-70(74)71-68(67-72)63-59-55-51-47-43-39-35-20-18-16-14-12-10-8-6-4-2/h68,72H,3-67H2,1-2H3,(H,71,74)/t68-/m1/s1. The maximum atomic E-state index is 12.5. The van der Waals surface area contributed by atoms with Crippen LogP contribution in [0.2, 0.25) is 0 Å². The summed E-state index contributed by atoms with van der Waals surface area (Å²) in [4.78, 5) is 24.8. The molecule has 1 atom stereocenters. The molecule has 0 bridgehead atoms. The first-order valence-corrected chi connectivity index (χ1v) is 35.1. The van der Waals surface area contributed by atoms with E-state index < -0.39 is 0 Å². The van der Waals surface area contributed by atoms with E-state index in [1.165, 1.54) is 353 Å². The fraction of sp³-hybridized carbons (Fsp3) is 0.971. The third-order valence-corrected chi connectivity index (χ3v) is 16.9. The predicted octanol–water partition coefficient (Wildman–Crippen LogP) is 24.0. The third-order valence-electron chi connectivity index (χ3n) is 16.9. The molecule has 0 unspecified atom stereocenters. The van der Waals surface area contributed by atoms with Crippen molar-refractivity contribution in [3.05, 3.63) is 0 Å². The van der Waals surface area contributed by atoms with Gasteiger partial charge in [0.1, 0.15) is 5.78 Å². The Kier molecular flexibility index (Phi) is 65.6. The molecule has 0 fully saturated rings. The molecule has 442 valence electrons. The second kappa shape index (κ2) is 66.4. The molecule has 0 aromatic rings. The fourth-order valence-electron chi connectivity index (χ4n) is 11.6. The topological polar surface area (TPSA) is 66.4 Å². The van der Waals surface area contributed by atoms with Gasteiger partial charge in [0, 0.05) is 19.3 Å². The average Bonchev–Trinajstić information content (AvgIpc) is 3.40. The largest absolute Gasteiger partial charge is 0.394 e. The van der Waals surface area contributed by atoms with Gasteiger partial charge < -0.3 is 10.4 Å². The van der Waals surface area contributed by atoms with Gasteiger partial charge in [0.15, 0.2) is 0 Å². The summed E-state index contributed by atoms with van der Waals surface area (Å²) in [5.74, 6) is 0.662. The summed E-state index contributed by atoms with van der Waals surface area (Å²) in [6.07, 6.45) is 85.7. The monoisotopic (exact) mass is 1040 g/mol. The van der Waals surface area contributed by atoms with Crippen molar-refractivity contribution in [2.45, 2.75) is 431 Å². The van der Waals surface area contributed by atoms with Gasteiger partial charge in [-0.1, -0.05) is 380 Å². The number of rotatable bonds is 67. The number of nitrogens with one attached hydrogen (secondary N) is 1. The number of aliphatic hydroxyl groups is 1. The van der Waals surface area contributed by atoms with Gasteiger partial charge in [-0.15, -0.1) is 0 Å². The van der Waals surface area contributed by atoms with E-state index in [1.807, 2.05) is 0 Å². The van der Waals surface area contributed by atoms with Crippen LogP contribution in [0.5, 0.6) is 0 Å². The number of carbonyl (C=O) groups excluding carboxylic acids is 2. The first-order valence-electron chi connectivity index (χ1n) is 35.1. The molecule has 0 aromatic heterocycles. The molecule has 2 N–H and O–H groups in total. The molecule has 0 heterocycles. The zero-order valence-electron chi connectivity index (χ0n) is 51.3. The lowest BCUT2D eigenvalue weighted by Gasteiger charge is -2.16. The van der Waals surface area contributed by atoms with E-state index in [0.717, 1.165) is 51.4 Å². The molecular formula is C70H139NO3. The smallest absolute Gasteiger partial charge is 0.220 e. The molecular weight excluding hydrogens is 903 g/mol. The van der Waals surface area contributed by atoms with E-state index >= 15 is 0 Å². The molecule has 0 aliphatic heterocycles. The maximum absolute atomic E-state index is 12.5. The van der Waals surface area contributed by atoms with E-state index in [9.17, 15) is 14.7 Å². The maximum Gasteiger partial charge on any atom is 0.220 e. The summed E-state index contributed by atoms with van der Waals surface area (Å²) in [7, 11) is 0. The molecule has 0 rings (SSSR count). The van der Waals surface area contributed by atoms with E-state index in [0.29, 0.717) is 12.2 Å². The van der Waals surface area contributed by atoms with Crippen LogP contribution in [-0.2, 0) is 9.59 Å². The molecule has 0 radical (unpaired) electrons. The zero-order valence-corrected chi connectivity index (χ0v) is 51.3. The van der Waals surface area contributed by atoms with Gasteiger partial charge in [0.25, 0.3) is 0 Å². The van der Waals surface area contributed by atoms with E-state index in [1.54, 1.807) is 0 Å². The van der Waals surface area contributed by atoms with Crippen LogP contribution in [-0.4, -0.2) is 29.4 Å². The Balaban J connectivity index is 3.27. The molecule has 0 aliphatic carbocycles. The molecule has 74 heavy (non-hydrogen) atoms. The summed E-state index contributed by atoms with van der Waals surface area (Å²) in [6, 6.07) is -0.0594. The Morgan fingerprint density at radius 1 is 0.257 bits per heavy atom. The summed E-state index contributed by atoms with van der Waals surface area (Å²) >= 11 is 0. The quantitative estimate of drug-likeness (QED) is 0.0597. The highest BCUT2D eigenvalue weighted by molar-refractivity contribution is 5.78. The van der Waals surface area contributed by atoms with Crippen molar-refractivity contribution in [3.63, 3.8) is 0 Å². The minimum Gasteiger partial charge on any atom is -0.394 e. The van der Waals surface area contributed by atoms with Gasteiger partial charge >= 0.3 is 0 Å². The molecule has 0 saturated carbocycles. The summed E-state index contributed by atoms with van der Waals surface area (Å²) < 4.78 is 0. The Labute approximate surface area is 467 Å². The Bertz CT molecular complexity index is 1040. The number of Topliss-reactive ketones (excluding diaryl/α,β-unsaturated/α-hetero) is 1. The Morgan fingerprint density at radius 3 is 0.635 bits per heavy atom. The van der Waals surface area contributed by atoms with Gasteiger partial charge in [-0.2, -0.15) is 0 Å². The van der Waals surface area contributed by atoms with E-state index in [-0.39, 0.29) is 18.6 Å². The number of amides is 1. The van der Waals surface area contributed by atoms with Crippen LogP contribution >= 0.6 is 0 Å². The second-order valence-corrected chi connectivity index (χ2v) is 24.5. The first kappa shape index (κ1) is 73.1. The van der Waals surface area contributed by atoms with Gasteiger partial charge in [-0.05, 0) is 25.7 Å². The van der Waals surface area contributed by atoms with Gasteiger partial charge in [0.2, 0.25) is 5.91 Å². The number of aliphatic hydroxyl groups excluding tert-OH is 1. The lowest BCUT2D eigenvalue weighted by atomic mass is 10.0. The van der Waals surface area contributed by atoms with Crippen LogP contribution in [0.1, 0.15) is 425 Å². The summed E-state index contributed by atoms with van der Waals surface area (Å²) in [5.41, 5.74) is 0. The third kappa shape index (κ3) is 63.6. The number of hydrogen-bond acceptors (Lipinski definition) is 3. The van der Waals surface area contributed by atoms with Crippen LogP contribution in [0.15, 0.2) is 0 Å². The molecule has 1 amide bonds. The highest BCUT2D eigenvalue weighted by atomic mass is 16.3. The van der Waals surface area contributed by atoms with Crippen molar-refractivity contribution in [2.24, 2.45) is 0 Å². The van der Waals surface area contributed by atoms with Crippen molar-refractivity contribution in [3.8, 4) is 0 Å². The van der Waals surface area contributed by atoms with Crippen molar-refractivity contribution in [1.29, 1.82) is 0 Å². The predicted molar refractivity (Wildman–Crippen MR) is 331 cm³/mol. The van der Waals surface area contributed by atoms with Crippen molar-refractivity contribution < 1.29 is 14.7 Å². The number of unbranched alkanes of at least 4 members (excludes halogenated alkanes) is 57. The van der Waals surface area contributed by atoms with Crippen LogP contribution < -0.4 is 5.32 Å². The van der Waals surface area contributed by atoms with Gasteiger partial charge in [-0.3, -0.25) is 9.59 Å². The molecule has 0 saturated heterocycles. The lowest BCUT2D eigenvalue weighted by molar-refractivity contribution is -0.122. The SMILES string of the molecule is CCCCCCCCCCCCCCCCCCCC(=O)CCCCCCCCCCCCCCCCCCCCCCCCCCCCCC(=O)N[C@@H](CO)CCCCCCCCCCCCCCCCCC. The van der Waals surface area contributed by atoms with Crippen molar-refractivity contribution in [2.75, 3.05) is 6.61 Å². The zero-order chi connectivity index (χ0) is 53.4. The van der Waals surface area contributed by atoms with Crippen LogP contribution in [0.25, 0.3) is 0 Å². The van der Waals surface area contributed by atoms with Crippen LogP contribution in [0.4, 0.5) is 0 Å². The van der Waals surface area contributed by atoms with Crippen molar-refractivity contribution in [1.82, 2.24) is 5.32 Å². The summed E-state index contributed by atoms with van der Waals surface area (Å²) in [5, 5.41) is 12.9. The van der Waals surface area contributed by atoms with Crippen molar-refractivity contribution >= 4 is 11.7 Å². The molecule has 4 nitrogen and oxygen atoms in total. The highest BCUT2D eigenvalue weighted by Crippen LogP contribution is 2.20. The van der Waals surface area contributed by atoms with Crippen LogP contribution in [0, 0.1) is 0 Å². The minimum atomic E-state index is -0.0594. The van der Waals surface area contributed by atoms with E-state index in [2.05, 4.69) is 19.2 Å². The Morgan fingerprint density at radius 2 is 0.432 bits per heavy atom. The average molecular weight is 1040 g/mol. The molecule has 0 aliphatic rings. The van der Waals surface area contributed by atoms with Crippen LogP contribution in [0.3, 0.4) is 0 Å². The van der Waals surface area contributed by atoms with Gasteiger partial charge in [0.05, 0.1) is 12.6 Å². The van der Waals surface area contributed by atoms with E-state index in [4.69, 9.17) is 0 Å². The normalized spacial score (nSPS) is 12.0. The number of hydrogen-bond donors (Lipinski definition) is 2. The Hall–Kier alpha value is -0.900. The molecule has 4 heteroatoms. The summed E-state index contributed by atoms with van der Waals surface area (Å²) in [6.45, 7) is 4.66. The number of carbonyl (C=O) groups is 2. The second-order valence-electron chi connectivity index (χ2n) is 24.5.